The van der Waals surface area contributed by atoms with Crippen LogP contribution in [0, 0.1) is 11.3 Å². The van der Waals surface area contributed by atoms with Crippen LogP contribution in [0.15, 0.2) is 59.1 Å². The first kappa shape index (κ1) is 19.2. The maximum Gasteiger partial charge on any atom is 0.248 e. The van der Waals surface area contributed by atoms with E-state index in [1.54, 1.807) is 47.0 Å². The number of amides is 2. The molecule has 136 valence electrons. The minimum absolute atomic E-state index is 0.198. The van der Waals surface area contributed by atoms with E-state index in [1.807, 2.05) is 30.3 Å². The molecule has 0 aliphatic carbocycles. The molecule has 1 saturated heterocycles. The molecule has 1 fully saturated rings. The summed E-state index contributed by atoms with van der Waals surface area (Å²) in [6.07, 6.45) is 3.24. The second-order valence-corrected chi connectivity index (χ2v) is 7.71. The number of halogens is 1. The molecule has 1 atom stereocenters. The molecular weight excluding hydrogens is 426 g/mol. The number of carbonyl (C=O) groups is 2. The zero-order valence-electron chi connectivity index (χ0n) is 14.3. The van der Waals surface area contributed by atoms with Crippen molar-refractivity contribution in [1.29, 1.82) is 5.26 Å². The van der Waals surface area contributed by atoms with Crippen LogP contribution >= 0.6 is 27.7 Å². The van der Waals surface area contributed by atoms with Gasteiger partial charge in [0, 0.05) is 22.0 Å². The first-order valence-corrected chi connectivity index (χ1v) is 10.2. The highest BCUT2D eigenvalue weighted by molar-refractivity contribution is 9.10. The lowest BCUT2D eigenvalue weighted by molar-refractivity contribution is -0.132. The molecule has 1 heterocycles. The predicted octanol–water partition coefficient (Wildman–Crippen LogP) is 3.87. The van der Waals surface area contributed by atoms with Gasteiger partial charge in [0.05, 0.1) is 17.5 Å². The van der Waals surface area contributed by atoms with E-state index >= 15 is 0 Å². The van der Waals surface area contributed by atoms with Crippen molar-refractivity contribution in [2.75, 3.05) is 16.9 Å². The maximum atomic E-state index is 12.6. The van der Waals surface area contributed by atoms with Gasteiger partial charge in [0.2, 0.25) is 11.8 Å². The molecule has 3 rings (SSSR count). The molecule has 2 aromatic carbocycles. The van der Waals surface area contributed by atoms with Crippen LogP contribution < -0.4 is 5.32 Å². The van der Waals surface area contributed by atoms with Crippen molar-refractivity contribution in [1.82, 2.24) is 4.90 Å². The number of hydrogen-bond acceptors (Lipinski definition) is 4. The van der Waals surface area contributed by atoms with Crippen molar-refractivity contribution in [2.45, 2.75) is 6.04 Å². The lowest BCUT2D eigenvalue weighted by Crippen LogP contribution is -2.43. The number of nitrogens with one attached hydrogen (secondary N) is 1. The molecule has 2 aromatic rings. The van der Waals surface area contributed by atoms with Crippen LogP contribution in [0.1, 0.15) is 11.1 Å². The number of hydrogen-bond donors (Lipinski definition) is 1. The highest BCUT2D eigenvalue weighted by atomic mass is 79.9. The molecule has 0 aromatic heterocycles. The Morgan fingerprint density at radius 2 is 1.96 bits per heavy atom. The molecule has 0 saturated carbocycles. The summed E-state index contributed by atoms with van der Waals surface area (Å²) in [5, 5.41) is 11.7. The smallest absolute Gasteiger partial charge is 0.248 e. The summed E-state index contributed by atoms with van der Waals surface area (Å²) in [7, 11) is 0. The Bertz CT molecular complexity index is 922. The number of anilines is 1. The molecule has 1 aliphatic rings. The van der Waals surface area contributed by atoms with E-state index < -0.39 is 6.04 Å². The van der Waals surface area contributed by atoms with E-state index in [-0.39, 0.29) is 11.8 Å². The highest BCUT2D eigenvalue weighted by Gasteiger charge is 2.33. The van der Waals surface area contributed by atoms with E-state index in [2.05, 4.69) is 21.2 Å². The Balaban J connectivity index is 1.66. The third-order valence-electron chi connectivity index (χ3n) is 4.06. The molecular formula is C20H16BrN3O2S. The number of benzene rings is 2. The zero-order valence-corrected chi connectivity index (χ0v) is 16.7. The second kappa shape index (κ2) is 8.89. The lowest BCUT2D eigenvalue weighted by Gasteiger charge is -2.21. The van der Waals surface area contributed by atoms with Gasteiger partial charge in [0.15, 0.2) is 0 Å². The van der Waals surface area contributed by atoms with Gasteiger partial charge < -0.3 is 10.2 Å². The molecule has 1 N–H and O–H groups in total. The summed E-state index contributed by atoms with van der Waals surface area (Å²) in [5.74, 6) is 0.601. The molecule has 1 unspecified atom stereocenters. The quantitative estimate of drug-likeness (QED) is 0.730. The van der Waals surface area contributed by atoms with Gasteiger partial charge >= 0.3 is 0 Å². The summed E-state index contributed by atoms with van der Waals surface area (Å²) in [6.45, 7) is 0. The van der Waals surface area contributed by atoms with E-state index in [4.69, 9.17) is 5.26 Å². The molecule has 0 radical (unpaired) electrons. The van der Waals surface area contributed by atoms with Crippen molar-refractivity contribution in [2.24, 2.45) is 0 Å². The van der Waals surface area contributed by atoms with Crippen molar-refractivity contribution in [3.8, 4) is 6.07 Å². The number of thioether (sulfide) groups is 1. The van der Waals surface area contributed by atoms with Crippen molar-refractivity contribution < 1.29 is 9.59 Å². The minimum atomic E-state index is -0.526. The van der Waals surface area contributed by atoms with Crippen molar-refractivity contribution in [3.63, 3.8) is 0 Å². The Kier molecular flexibility index (Phi) is 6.32. The van der Waals surface area contributed by atoms with E-state index in [0.717, 1.165) is 10.0 Å². The normalized spacial score (nSPS) is 16.3. The first-order chi connectivity index (χ1) is 13.1. The number of nitrogens with zero attached hydrogens (tertiary/aromatic N) is 2. The van der Waals surface area contributed by atoms with E-state index in [1.165, 1.54) is 6.08 Å². The van der Waals surface area contributed by atoms with Gasteiger partial charge in [-0.1, -0.05) is 34.1 Å². The second-order valence-electron chi connectivity index (χ2n) is 5.86. The van der Waals surface area contributed by atoms with Gasteiger partial charge in [-0.2, -0.15) is 5.26 Å². The monoisotopic (exact) mass is 441 g/mol. The van der Waals surface area contributed by atoms with Crippen molar-refractivity contribution >= 4 is 51.3 Å². The van der Waals surface area contributed by atoms with Gasteiger partial charge in [0.1, 0.15) is 6.04 Å². The highest BCUT2D eigenvalue weighted by Crippen LogP contribution is 2.24. The Hall–Kier alpha value is -2.56. The minimum Gasteiger partial charge on any atom is -0.324 e. The number of carbonyl (C=O) groups excluding carboxylic acids is 2. The summed E-state index contributed by atoms with van der Waals surface area (Å²) < 4.78 is 0.903. The van der Waals surface area contributed by atoms with Crippen LogP contribution in [0.5, 0.6) is 0 Å². The summed E-state index contributed by atoms with van der Waals surface area (Å²) in [6, 6.07) is 15.8. The first-order valence-electron chi connectivity index (χ1n) is 8.20. The molecule has 0 spiro atoms. The third-order valence-corrected chi connectivity index (χ3v) is 5.79. The van der Waals surface area contributed by atoms with Gasteiger partial charge in [0.25, 0.3) is 0 Å². The largest absolute Gasteiger partial charge is 0.324 e. The van der Waals surface area contributed by atoms with Crippen LogP contribution in [0.2, 0.25) is 0 Å². The van der Waals surface area contributed by atoms with Crippen LogP contribution in [0.3, 0.4) is 0 Å². The van der Waals surface area contributed by atoms with Crippen LogP contribution in [-0.2, 0) is 9.59 Å². The molecule has 5 nitrogen and oxygen atoms in total. The average molecular weight is 442 g/mol. The summed E-state index contributed by atoms with van der Waals surface area (Å²) in [5.41, 5.74) is 2.03. The number of nitriles is 1. The lowest BCUT2D eigenvalue weighted by atomic mass is 10.2. The van der Waals surface area contributed by atoms with Crippen LogP contribution in [-0.4, -0.2) is 34.4 Å². The fraction of sp³-hybridized carbons (Fsp3) is 0.150. The van der Waals surface area contributed by atoms with Gasteiger partial charge in [-0.25, -0.2) is 0 Å². The Morgan fingerprint density at radius 3 is 2.67 bits per heavy atom. The summed E-state index contributed by atoms with van der Waals surface area (Å²) in [4.78, 5) is 26.7. The zero-order chi connectivity index (χ0) is 19.2. The SMILES string of the molecule is N#Cc1ccc(NC(=O)C2CSCN2C(=O)/C=C/c2ccccc2Br)cc1. The Morgan fingerprint density at radius 1 is 1.22 bits per heavy atom. The maximum absolute atomic E-state index is 12.6. The third kappa shape index (κ3) is 4.79. The van der Waals surface area contributed by atoms with Crippen molar-refractivity contribution in [3.05, 3.63) is 70.2 Å². The fourth-order valence-corrected chi connectivity index (χ4v) is 4.18. The van der Waals surface area contributed by atoms with E-state index in [0.29, 0.717) is 22.9 Å². The fourth-order valence-electron chi connectivity index (χ4n) is 2.60. The molecule has 27 heavy (non-hydrogen) atoms. The van der Waals surface area contributed by atoms with Gasteiger partial charge in [-0.05, 0) is 42.0 Å². The number of rotatable bonds is 4. The molecule has 1 aliphatic heterocycles. The molecule has 0 bridgehead atoms. The predicted molar refractivity (Wildman–Crippen MR) is 111 cm³/mol. The molecule has 2 amide bonds. The Labute approximate surface area is 170 Å². The topological polar surface area (TPSA) is 73.2 Å². The van der Waals surface area contributed by atoms with Crippen LogP contribution in [0.4, 0.5) is 5.69 Å². The molecule has 7 heteroatoms. The van der Waals surface area contributed by atoms with Crippen LogP contribution in [0.25, 0.3) is 6.08 Å². The summed E-state index contributed by atoms with van der Waals surface area (Å²) >= 11 is 4.99. The van der Waals surface area contributed by atoms with E-state index in [9.17, 15) is 9.59 Å². The average Bonchev–Trinajstić information content (AvgIpc) is 3.18. The standard InChI is InChI=1S/C20H16BrN3O2S/c21-17-4-2-1-3-15(17)7-10-19(25)24-13-27-12-18(24)20(26)23-16-8-5-14(11-22)6-9-16/h1-10,18H,12-13H2,(H,23,26)/b10-7+. The van der Waals surface area contributed by atoms with Gasteiger partial charge in [-0.15, -0.1) is 11.8 Å². The van der Waals surface area contributed by atoms with Gasteiger partial charge in [-0.3, -0.25) is 9.59 Å².